The molecule has 3 aromatic heterocycles. The number of alkyl halides is 3. The number of aryl methyl sites for hydroxylation is 1. The number of nitrogens with zero attached hydrogens (tertiary/aromatic N) is 3. The van der Waals surface area contributed by atoms with Gasteiger partial charge in [-0.05, 0) is 75.4 Å². The number of thiophene rings is 1. The van der Waals surface area contributed by atoms with Crippen LogP contribution in [0.1, 0.15) is 63.7 Å². The van der Waals surface area contributed by atoms with E-state index in [0.29, 0.717) is 10.9 Å². The van der Waals surface area contributed by atoms with Crippen LogP contribution in [0.15, 0.2) is 36.4 Å². The number of hydrogen-bond donors (Lipinski definition) is 1. The quantitative estimate of drug-likeness (QED) is 0.234. The molecule has 1 amide bonds. The number of halogens is 4. The Bertz CT molecular complexity index is 1540. The van der Waals surface area contributed by atoms with Gasteiger partial charge in [0.15, 0.2) is 17.0 Å². The molecule has 0 fully saturated rings. The smallest absolute Gasteiger partial charge is 0.433 e. The second-order valence-corrected chi connectivity index (χ2v) is 10.3. The number of benzene rings is 1. The van der Waals surface area contributed by atoms with Crippen LogP contribution in [0.5, 0.6) is 0 Å². The summed E-state index contributed by atoms with van der Waals surface area (Å²) in [7, 11) is 0. The van der Waals surface area contributed by atoms with E-state index in [1.165, 1.54) is 23.5 Å². The fourth-order valence-corrected chi connectivity index (χ4v) is 5.64. The van der Waals surface area contributed by atoms with Gasteiger partial charge >= 0.3 is 12.1 Å². The molecule has 0 aliphatic heterocycles. The van der Waals surface area contributed by atoms with Crippen LogP contribution in [0, 0.1) is 5.82 Å². The van der Waals surface area contributed by atoms with Gasteiger partial charge in [-0.2, -0.15) is 18.3 Å². The SMILES string of the molecule is CC(C)OC(=O)c1c(NC(=O)c2cc3nc(-c4ccc(F)cc4)cc(C(F)(F)F)n3n2)sc2c1CCCC2. The minimum Gasteiger partial charge on any atom is -0.459 e. The molecule has 0 spiro atoms. The van der Waals surface area contributed by atoms with Gasteiger partial charge < -0.3 is 10.1 Å². The van der Waals surface area contributed by atoms with Gasteiger partial charge in [0, 0.05) is 16.5 Å². The summed E-state index contributed by atoms with van der Waals surface area (Å²) in [5.74, 6) is -1.89. The minimum absolute atomic E-state index is 0.0543. The van der Waals surface area contributed by atoms with E-state index in [9.17, 15) is 27.2 Å². The Morgan fingerprint density at radius 2 is 1.82 bits per heavy atom. The van der Waals surface area contributed by atoms with Crippen molar-refractivity contribution in [2.24, 2.45) is 0 Å². The number of hydrogen-bond acceptors (Lipinski definition) is 6. The van der Waals surface area contributed by atoms with Crippen LogP contribution in [-0.4, -0.2) is 32.6 Å². The fourth-order valence-electron chi connectivity index (χ4n) is 4.37. The molecule has 1 N–H and O–H groups in total. The number of fused-ring (bicyclic) bond motifs is 2. The van der Waals surface area contributed by atoms with Crippen LogP contribution in [0.2, 0.25) is 0 Å². The Hall–Kier alpha value is -3.80. The summed E-state index contributed by atoms with van der Waals surface area (Å²) in [5, 5.41) is 6.82. The molecule has 4 aromatic rings. The molecule has 12 heteroatoms. The molecule has 0 saturated heterocycles. The van der Waals surface area contributed by atoms with E-state index >= 15 is 0 Å². The molecular weight excluding hydrogens is 524 g/mol. The largest absolute Gasteiger partial charge is 0.459 e. The monoisotopic (exact) mass is 546 g/mol. The second-order valence-electron chi connectivity index (χ2n) is 9.15. The molecule has 0 unspecified atom stereocenters. The maximum Gasteiger partial charge on any atom is 0.433 e. The fraction of sp³-hybridized carbons (Fsp3) is 0.308. The molecule has 5 rings (SSSR count). The van der Waals surface area contributed by atoms with Crippen molar-refractivity contribution >= 4 is 33.9 Å². The van der Waals surface area contributed by atoms with Gasteiger partial charge in [-0.15, -0.1) is 11.3 Å². The normalized spacial score (nSPS) is 13.6. The molecule has 7 nitrogen and oxygen atoms in total. The number of rotatable bonds is 5. The Labute approximate surface area is 218 Å². The molecule has 1 aliphatic carbocycles. The van der Waals surface area contributed by atoms with Crippen molar-refractivity contribution in [3.63, 3.8) is 0 Å². The Morgan fingerprint density at radius 3 is 2.50 bits per heavy atom. The van der Waals surface area contributed by atoms with Crippen LogP contribution in [0.25, 0.3) is 16.9 Å². The summed E-state index contributed by atoms with van der Waals surface area (Å²) < 4.78 is 61.0. The second kappa shape index (κ2) is 9.82. The van der Waals surface area contributed by atoms with E-state index in [1.807, 2.05) is 0 Å². The summed E-state index contributed by atoms with van der Waals surface area (Å²) in [6, 6.07) is 6.79. The number of amides is 1. The molecule has 0 radical (unpaired) electrons. The summed E-state index contributed by atoms with van der Waals surface area (Å²) >= 11 is 1.26. The van der Waals surface area contributed by atoms with Crippen LogP contribution in [0.3, 0.4) is 0 Å². The first-order valence-corrected chi connectivity index (χ1v) is 12.7. The van der Waals surface area contributed by atoms with Gasteiger partial charge in [0.05, 0.1) is 17.4 Å². The predicted octanol–water partition coefficient (Wildman–Crippen LogP) is 6.31. The first-order chi connectivity index (χ1) is 18.0. The molecule has 198 valence electrons. The van der Waals surface area contributed by atoms with Crippen LogP contribution < -0.4 is 5.32 Å². The zero-order chi connectivity index (χ0) is 27.2. The first-order valence-electron chi connectivity index (χ1n) is 11.9. The average molecular weight is 547 g/mol. The number of anilines is 1. The standard InChI is InChI=1S/C26H22F4N4O3S/c1-13(2)37-25(36)22-16-5-3-4-6-19(16)38-24(22)32-23(35)18-12-21-31-17(14-7-9-15(27)10-8-14)11-20(26(28,29)30)34(21)33-18/h7-13H,3-6H2,1-2H3,(H,32,35). The highest BCUT2D eigenvalue weighted by Gasteiger charge is 2.36. The van der Waals surface area contributed by atoms with E-state index in [0.717, 1.165) is 54.0 Å². The molecule has 3 heterocycles. The Morgan fingerprint density at radius 1 is 1.11 bits per heavy atom. The number of carbonyl (C=O) groups is 2. The van der Waals surface area contributed by atoms with Crippen molar-refractivity contribution in [3.05, 3.63) is 69.6 Å². The minimum atomic E-state index is -4.81. The number of aromatic nitrogens is 3. The highest BCUT2D eigenvalue weighted by atomic mass is 32.1. The van der Waals surface area contributed by atoms with E-state index in [4.69, 9.17) is 4.74 Å². The molecule has 0 atom stereocenters. The molecule has 1 aromatic carbocycles. The lowest BCUT2D eigenvalue weighted by molar-refractivity contribution is -0.142. The number of nitrogens with one attached hydrogen (secondary N) is 1. The van der Waals surface area contributed by atoms with Crippen molar-refractivity contribution in [1.29, 1.82) is 0 Å². The summed E-state index contributed by atoms with van der Waals surface area (Å²) in [5.41, 5.74) is -0.340. The molecule has 0 bridgehead atoms. The zero-order valence-corrected chi connectivity index (χ0v) is 21.2. The molecular formula is C26H22F4N4O3S. The third-order valence-corrected chi connectivity index (χ3v) is 7.24. The third-order valence-electron chi connectivity index (χ3n) is 6.04. The van der Waals surface area contributed by atoms with Gasteiger partial charge in [-0.25, -0.2) is 18.7 Å². The summed E-state index contributed by atoms with van der Waals surface area (Å²) in [6.07, 6.45) is -1.90. The number of ether oxygens (including phenoxy) is 1. The molecule has 38 heavy (non-hydrogen) atoms. The van der Waals surface area contributed by atoms with E-state index in [2.05, 4.69) is 15.4 Å². The molecule has 1 aliphatic rings. The Kier molecular flexibility index (Phi) is 6.68. The van der Waals surface area contributed by atoms with E-state index in [1.54, 1.807) is 13.8 Å². The maximum atomic E-state index is 13.9. The topological polar surface area (TPSA) is 85.6 Å². The number of carbonyl (C=O) groups excluding carboxylic acids is 2. The van der Waals surface area contributed by atoms with Crippen molar-refractivity contribution in [1.82, 2.24) is 14.6 Å². The van der Waals surface area contributed by atoms with Crippen LogP contribution >= 0.6 is 11.3 Å². The summed E-state index contributed by atoms with van der Waals surface area (Å²) in [6.45, 7) is 3.44. The predicted molar refractivity (Wildman–Crippen MR) is 133 cm³/mol. The van der Waals surface area contributed by atoms with Crippen molar-refractivity contribution in [2.45, 2.75) is 51.8 Å². The lowest BCUT2D eigenvalue weighted by Crippen LogP contribution is -2.18. The van der Waals surface area contributed by atoms with E-state index < -0.39 is 29.6 Å². The van der Waals surface area contributed by atoms with Gasteiger partial charge in [-0.1, -0.05) is 0 Å². The van der Waals surface area contributed by atoms with E-state index in [-0.39, 0.29) is 39.3 Å². The Balaban J connectivity index is 1.54. The zero-order valence-electron chi connectivity index (χ0n) is 20.4. The number of esters is 1. The first kappa shape index (κ1) is 25.8. The lowest BCUT2D eigenvalue weighted by atomic mass is 9.95. The van der Waals surface area contributed by atoms with Crippen molar-refractivity contribution in [3.8, 4) is 11.3 Å². The van der Waals surface area contributed by atoms with Crippen molar-refractivity contribution < 1.29 is 31.9 Å². The lowest BCUT2D eigenvalue weighted by Gasteiger charge is -2.14. The van der Waals surface area contributed by atoms with Crippen LogP contribution in [-0.2, 0) is 23.8 Å². The van der Waals surface area contributed by atoms with Gasteiger partial charge in [-0.3, -0.25) is 4.79 Å². The highest BCUT2D eigenvalue weighted by molar-refractivity contribution is 7.17. The van der Waals surface area contributed by atoms with Crippen LogP contribution in [0.4, 0.5) is 22.6 Å². The van der Waals surface area contributed by atoms with Gasteiger partial charge in [0.25, 0.3) is 5.91 Å². The highest BCUT2D eigenvalue weighted by Crippen LogP contribution is 2.39. The third kappa shape index (κ3) is 5.00. The maximum absolute atomic E-state index is 13.9. The summed E-state index contributed by atoms with van der Waals surface area (Å²) in [4.78, 5) is 31.2. The average Bonchev–Trinajstić information content (AvgIpc) is 3.44. The molecule has 0 saturated carbocycles. The van der Waals surface area contributed by atoms with Crippen molar-refractivity contribution in [2.75, 3.05) is 5.32 Å². The van der Waals surface area contributed by atoms with Gasteiger partial charge in [0.2, 0.25) is 0 Å². The van der Waals surface area contributed by atoms with Gasteiger partial charge in [0.1, 0.15) is 10.8 Å².